The Morgan fingerprint density at radius 3 is 2.14 bits per heavy atom. The third kappa shape index (κ3) is 9.71. The molecule has 0 aliphatic rings. The van der Waals surface area contributed by atoms with E-state index in [4.69, 9.17) is 14.2 Å². The fourth-order valence-electron chi connectivity index (χ4n) is 4.81. The van der Waals surface area contributed by atoms with Gasteiger partial charge in [-0.15, -0.1) is 5.10 Å². The van der Waals surface area contributed by atoms with Crippen molar-refractivity contribution in [3.63, 3.8) is 0 Å². The molecule has 0 atom stereocenters. The van der Waals surface area contributed by atoms with Gasteiger partial charge < -0.3 is 18.9 Å². The minimum Gasteiger partial charge on any atom is -0.489 e. The zero-order chi connectivity index (χ0) is 36.7. The fraction of sp³-hybridized carbons (Fsp3) is 0.389. The third-order valence-electron chi connectivity index (χ3n) is 7.22. The van der Waals surface area contributed by atoms with Crippen LogP contribution in [0.1, 0.15) is 70.3 Å². The first-order valence-corrected chi connectivity index (χ1v) is 15.8. The number of rotatable bonds is 12. The van der Waals surface area contributed by atoms with Crippen molar-refractivity contribution in [2.45, 2.75) is 78.7 Å². The summed E-state index contributed by atoms with van der Waals surface area (Å²) in [6.45, 7) is 9.74. The molecule has 264 valence electrons. The van der Waals surface area contributed by atoms with Gasteiger partial charge in [-0.1, -0.05) is 17.3 Å². The van der Waals surface area contributed by atoms with Crippen LogP contribution in [0.2, 0.25) is 0 Å². The van der Waals surface area contributed by atoms with Crippen molar-refractivity contribution in [1.29, 1.82) is 0 Å². The van der Waals surface area contributed by atoms with Crippen LogP contribution in [0.5, 0.6) is 5.75 Å². The van der Waals surface area contributed by atoms with Crippen molar-refractivity contribution in [1.82, 2.24) is 20.0 Å². The molecule has 2 aromatic heterocycles. The molecule has 0 aliphatic heterocycles. The van der Waals surface area contributed by atoms with Gasteiger partial charge in [0.25, 0.3) is 5.56 Å². The van der Waals surface area contributed by atoms with Crippen LogP contribution in [0.3, 0.4) is 0 Å². The summed E-state index contributed by atoms with van der Waals surface area (Å²) in [4.78, 5) is 70.7. The molecule has 2 heterocycles. The summed E-state index contributed by atoms with van der Waals surface area (Å²) in [6, 6.07) is 16.4. The lowest BCUT2D eigenvalue weighted by molar-refractivity contribution is -0.186. The summed E-state index contributed by atoms with van der Waals surface area (Å²) in [6.07, 6.45) is -0.135. The van der Waals surface area contributed by atoms with Crippen LogP contribution in [0.15, 0.2) is 71.7 Å². The number of nitrogens with one attached hydrogen (secondary N) is 1. The smallest absolute Gasteiger partial charge is 0.411 e. The number of Topliss-reactive ketones (excluding diaryl/α,β-unsaturated/α-hetero) is 1. The molecule has 0 aliphatic carbocycles. The van der Waals surface area contributed by atoms with Gasteiger partial charge in [-0.25, -0.2) is 14.5 Å². The maximum atomic E-state index is 14.0. The van der Waals surface area contributed by atoms with Crippen molar-refractivity contribution >= 4 is 40.5 Å². The molecule has 14 heteroatoms. The van der Waals surface area contributed by atoms with Crippen molar-refractivity contribution < 1.29 is 38.1 Å². The Morgan fingerprint density at radius 1 is 0.860 bits per heavy atom. The highest BCUT2D eigenvalue weighted by atomic mass is 16.6. The number of amides is 1. The summed E-state index contributed by atoms with van der Waals surface area (Å²) in [7, 11) is 1.27. The Labute approximate surface area is 289 Å². The molecule has 0 saturated heterocycles. The standard InChI is InChI=1S/C36H41N5O9/c1-34(2,3)49-31(44)36(32(45)50-35(4,5)6,17-19-41-30(43)29-27(39-40-41)12-9-18-37-29)21-28(42)24-13-15-26(16-14-24)48-22-23-10-8-11-25(20-23)38-33(46)47-7/h8-16,18,20H,17,19,21-22H2,1-7H3,(H,38,46). The molecule has 0 bridgehead atoms. The van der Waals surface area contributed by atoms with Gasteiger partial charge in [0.2, 0.25) is 0 Å². The van der Waals surface area contributed by atoms with Gasteiger partial charge in [0.05, 0.1) is 7.11 Å². The van der Waals surface area contributed by atoms with E-state index in [9.17, 15) is 24.0 Å². The Bertz CT molecular complexity index is 1900. The Hall–Kier alpha value is -5.66. The Balaban J connectivity index is 1.61. The first kappa shape index (κ1) is 37.2. The SMILES string of the molecule is COC(=O)Nc1cccc(COc2ccc(C(=O)CC(CCn3nnc4cccnc4c3=O)(C(=O)OC(C)(C)C)C(=O)OC(C)(C)C)cc2)c1. The third-order valence-corrected chi connectivity index (χ3v) is 7.22. The number of anilines is 1. The minimum atomic E-state index is -2.16. The van der Waals surface area contributed by atoms with Crippen LogP contribution in [-0.2, 0) is 37.0 Å². The normalized spacial score (nSPS) is 11.8. The van der Waals surface area contributed by atoms with E-state index in [0.717, 1.165) is 10.2 Å². The quantitative estimate of drug-likeness (QED) is 0.0884. The van der Waals surface area contributed by atoms with E-state index >= 15 is 0 Å². The summed E-state index contributed by atoms with van der Waals surface area (Å²) < 4.78 is 22.9. The second-order valence-corrected chi connectivity index (χ2v) is 13.6. The highest BCUT2D eigenvalue weighted by molar-refractivity contribution is 6.07. The Kier molecular flexibility index (Phi) is 11.3. The van der Waals surface area contributed by atoms with Crippen LogP contribution >= 0.6 is 0 Å². The zero-order valence-electron chi connectivity index (χ0n) is 29.1. The molecule has 0 radical (unpaired) electrons. The number of methoxy groups -OCH3 is 1. The first-order valence-electron chi connectivity index (χ1n) is 15.8. The topological polar surface area (TPSA) is 178 Å². The second kappa shape index (κ2) is 15.3. The number of hydrogen-bond acceptors (Lipinski definition) is 12. The molecule has 4 aromatic rings. The lowest BCUT2D eigenvalue weighted by atomic mass is 9.78. The number of carbonyl (C=O) groups is 4. The number of hydrogen-bond donors (Lipinski definition) is 1. The first-order chi connectivity index (χ1) is 23.5. The van der Waals surface area contributed by atoms with Gasteiger partial charge in [0.1, 0.15) is 29.1 Å². The van der Waals surface area contributed by atoms with E-state index in [2.05, 4.69) is 25.3 Å². The highest BCUT2D eigenvalue weighted by Gasteiger charge is 2.52. The number of esters is 2. The number of carbonyl (C=O) groups excluding carboxylic acids is 4. The van der Waals surface area contributed by atoms with Gasteiger partial charge in [-0.05, 0) is 102 Å². The second-order valence-electron chi connectivity index (χ2n) is 13.6. The molecule has 1 amide bonds. The molecular formula is C36H41N5O9. The zero-order valence-corrected chi connectivity index (χ0v) is 29.1. The number of benzene rings is 2. The predicted molar refractivity (Wildman–Crippen MR) is 183 cm³/mol. The highest BCUT2D eigenvalue weighted by Crippen LogP contribution is 2.36. The van der Waals surface area contributed by atoms with Crippen molar-refractivity contribution in [2.75, 3.05) is 12.4 Å². The number of pyridine rings is 1. The van der Waals surface area contributed by atoms with Crippen molar-refractivity contribution in [3.8, 4) is 5.75 Å². The molecule has 50 heavy (non-hydrogen) atoms. The largest absolute Gasteiger partial charge is 0.489 e. The maximum Gasteiger partial charge on any atom is 0.411 e. The van der Waals surface area contributed by atoms with Gasteiger partial charge >= 0.3 is 18.0 Å². The summed E-state index contributed by atoms with van der Waals surface area (Å²) in [5, 5.41) is 10.6. The van der Waals surface area contributed by atoms with Crippen LogP contribution in [0.4, 0.5) is 10.5 Å². The molecule has 0 unspecified atom stereocenters. The van der Waals surface area contributed by atoms with Gasteiger partial charge in [-0.2, -0.15) is 0 Å². The number of nitrogens with zero attached hydrogens (tertiary/aromatic N) is 4. The summed E-state index contributed by atoms with van der Waals surface area (Å²) >= 11 is 0. The van der Waals surface area contributed by atoms with Crippen LogP contribution in [0, 0.1) is 5.41 Å². The molecule has 0 spiro atoms. The summed E-state index contributed by atoms with van der Waals surface area (Å²) in [5.41, 5.74) is -2.93. The van der Waals surface area contributed by atoms with Crippen LogP contribution < -0.4 is 15.6 Å². The maximum absolute atomic E-state index is 14.0. The fourth-order valence-corrected chi connectivity index (χ4v) is 4.81. The number of ether oxygens (including phenoxy) is 4. The van der Waals surface area contributed by atoms with E-state index in [-0.39, 0.29) is 36.2 Å². The molecule has 14 nitrogen and oxygen atoms in total. The predicted octanol–water partition coefficient (Wildman–Crippen LogP) is 5.28. The summed E-state index contributed by atoms with van der Waals surface area (Å²) in [5.74, 6) is -2.05. The molecular weight excluding hydrogens is 646 g/mol. The number of ketones is 1. The van der Waals surface area contributed by atoms with Gasteiger partial charge in [0.15, 0.2) is 16.7 Å². The van der Waals surface area contributed by atoms with Crippen LogP contribution in [-0.4, -0.2) is 62.1 Å². The van der Waals surface area contributed by atoms with Crippen LogP contribution in [0.25, 0.3) is 11.0 Å². The van der Waals surface area contributed by atoms with Gasteiger partial charge in [-0.3, -0.25) is 24.5 Å². The van der Waals surface area contributed by atoms with Crippen molar-refractivity contribution in [2.24, 2.45) is 5.41 Å². The lowest BCUT2D eigenvalue weighted by Gasteiger charge is -2.34. The number of fused-ring (bicyclic) bond motifs is 1. The lowest BCUT2D eigenvalue weighted by Crippen LogP contribution is -2.49. The van der Waals surface area contributed by atoms with E-state index < -0.39 is 52.4 Å². The number of aromatic nitrogens is 4. The Morgan fingerprint density at radius 2 is 1.52 bits per heavy atom. The monoisotopic (exact) mass is 687 g/mol. The van der Waals surface area contributed by atoms with E-state index in [1.807, 2.05) is 6.07 Å². The molecule has 0 saturated carbocycles. The average molecular weight is 688 g/mol. The molecule has 2 aromatic carbocycles. The molecule has 1 N–H and O–H groups in total. The molecule has 4 rings (SSSR count). The van der Waals surface area contributed by atoms with E-state index in [1.165, 1.54) is 25.4 Å². The van der Waals surface area contributed by atoms with E-state index in [1.54, 1.807) is 84.0 Å². The average Bonchev–Trinajstić information content (AvgIpc) is 3.05. The van der Waals surface area contributed by atoms with Crippen molar-refractivity contribution in [3.05, 3.63) is 88.3 Å². The van der Waals surface area contributed by atoms with Gasteiger partial charge in [0, 0.05) is 30.4 Å². The minimum absolute atomic E-state index is 0.0617. The molecule has 0 fully saturated rings. The number of aryl methyl sites for hydroxylation is 1. The van der Waals surface area contributed by atoms with E-state index in [0.29, 0.717) is 11.4 Å².